The van der Waals surface area contributed by atoms with Crippen molar-refractivity contribution >= 4 is 29.2 Å². The average Bonchev–Trinajstić information content (AvgIpc) is 3.50. The van der Waals surface area contributed by atoms with Gasteiger partial charge in [-0.25, -0.2) is 9.18 Å². The summed E-state index contributed by atoms with van der Waals surface area (Å²) < 4.78 is 21.2. The predicted octanol–water partition coefficient (Wildman–Crippen LogP) is 5.93. The molecule has 1 aliphatic heterocycles. The molecule has 1 N–H and O–H groups in total. The van der Waals surface area contributed by atoms with Crippen molar-refractivity contribution in [1.29, 1.82) is 0 Å². The Hall–Kier alpha value is -1.66. The molecule has 4 rings (SSSR count). The summed E-state index contributed by atoms with van der Waals surface area (Å²) in [7, 11) is 0. The number of hydrogen-bond donors (Lipinski definition) is 1. The van der Waals surface area contributed by atoms with Crippen molar-refractivity contribution in [3.8, 4) is 0 Å². The van der Waals surface area contributed by atoms with Gasteiger partial charge in [-0.15, -0.1) is 0 Å². The first-order valence-electron chi connectivity index (χ1n) is 10.5. The lowest BCUT2D eigenvalue weighted by molar-refractivity contribution is -0.102. The largest absolute Gasteiger partial charge is 0.478 e. The standard InChI is InChI=1S/C24H26Cl2FNO3/c1-24(2)13-31-20(7-14-5-18(25)10-19(26)6-14)12-28(24)11-17-8-16(15-3-4-15)9-21(22(17)27)23(29)30/h5-6,8-10,15,20H,3-4,7,11-13H2,1-2H3,(H,29,30)/t20-/m1/s1. The molecule has 0 spiro atoms. The third kappa shape index (κ3) is 5.23. The highest BCUT2D eigenvalue weighted by Crippen LogP contribution is 2.41. The van der Waals surface area contributed by atoms with Crippen molar-refractivity contribution in [2.75, 3.05) is 13.2 Å². The maximum absolute atomic E-state index is 15.1. The van der Waals surface area contributed by atoms with Crippen molar-refractivity contribution in [2.24, 2.45) is 0 Å². The normalized spacial score (nSPS) is 21.3. The number of aromatic carboxylic acids is 1. The molecule has 7 heteroatoms. The zero-order chi connectivity index (χ0) is 22.3. The number of hydrogen-bond acceptors (Lipinski definition) is 3. The average molecular weight is 466 g/mol. The number of carboxylic acid groups (broad SMARTS) is 1. The third-order valence-corrected chi connectivity index (χ3v) is 6.59. The molecule has 2 aromatic carbocycles. The fraction of sp³-hybridized carbons (Fsp3) is 0.458. The quantitative estimate of drug-likeness (QED) is 0.574. The molecule has 1 heterocycles. The number of carboxylic acids is 1. The van der Waals surface area contributed by atoms with Crippen LogP contribution in [0.3, 0.4) is 0 Å². The molecule has 0 amide bonds. The fourth-order valence-corrected chi connectivity index (χ4v) is 4.76. The highest BCUT2D eigenvalue weighted by atomic mass is 35.5. The molecule has 2 aromatic rings. The zero-order valence-electron chi connectivity index (χ0n) is 17.6. The Labute approximate surface area is 191 Å². The first-order chi connectivity index (χ1) is 14.6. The SMILES string of the molecule is CC1(C)CO[C@H](Cc2cc(Cl)cc(Cl)c2)CN1Cc1cc(C2CC2)cc(C(=O)O)c1F. The van der Waals surface area contributed by atoms with Crippen LogP contribution in [0.15, 0.2) is 30.3 Å². The molecular weight excluding hydrogens is 440 g/mol. The molecule has 0 bridgehead atoms. The Morgan fingerprint density at radius 1 is 1.19 bits per heavy atom. The van der Waals surface area contributed by atoms with E-state index in [4.69, 9.17) is 27.9 Å². The van der Waals surface area contributed by atoms with E-state index in [0.717, 1.165) is 24.0 Å². The van der Waals surface area contributed by atoms with Crippen molar-refractivity contribution in [1.82, 2.24) is 4.90 Å². The van der Waals surface area contributed by atoms with E-state index in [9.17, 15) is 9.90 Å². The van der Waals surface area contributed by atoms with Crippen LogP contribution in [0.4, 0.5) is 4.39 Å². The second kappa shape index (κ2) is 8.70. The Morgan fingerprint density at radius 3 is 2.48 bits per heavy atom. The van der Waals surface area contributed by atoms with Crippen LogP contribution in [0.25, 0.3) is 0 Å². The van der Waals surface area contributed by atoms with Gasteiger partial charge in [0.2, 0.25) is 0 Å². The lowest BCUT2D eigenvalue weighted by Crippen LogP contribution is -2.56. The van der Waals surface area contributed by atoms with Crippen molar-refractivity contribution in [2.45, 2.75) is 57.2 Å². The summed E-state index contributed by atoms with van der Waals surface area (Å²) in [5.74, 6) is -1.52. The number of nitrogens with zero attached hydrogens (tertiary/aromatic N) is 1. The summed E-state index contributed by atoms with van der Waals surface area (Å²) in [6.07, 6.45) is 2.59. The second-order valence-electron chi connectivity index (χ2n) is 9.23. The summed E-state index contributed by atoms with van der Waals surface area (Å²) in [5, 5.41) is 10.6. The van der Waals surface area contributed by atoms with Gasteiger partial charge < -0.3 is 9.84 Å². The highest BCUT2D eigenvalue weighted by Gasteiger charge is 2.36. The lowest BCUT2D eigenvalue weighted by atomic mass is 9.95. The molecule has 0 radical (unpaired) electrons. The first kappa shape index (κ1) is 22.5. The molecule has 31 heavy (non-hydrogen) atoms. The van der Waals surface area contributed by atoms with Crippen LogP contribution >= 0.6 is 23.2 Å². The van der Waals surface area contributed by atoms with Crippen LogP contribution in [-0.2, 0) is 17.7 Å². The minimum Gasteiger partial charge on any atom is -0.478 e. The van der Waals surface area contributed by atoms with E-state index < -0.39 is 11.8 Å². The smallest absolute Gasteiger partial charge is 0.338 e. The van der Waals surface area contributed by atoms with Gasteiger partial charge in [-0.3, -0.25) is 4.90 Å². The van der Waals surface area contributed by atoms with E-state index in [1.807, 2.05) is 18.2 Å². The molecule has 1 saturated carbocycles. The molecule has 0 unspecified atom stereocenters. The Morgan fingerprint density at radius 2 is 1.87 bits per heavy atom. The molecule has 0 aromatic heterocycles. The zero-order valence-corrected chi connectivity index (χ0v) is 19.1. The monoisotopic (exact) mass is 465 g/mol. The number of rotatable bonds is 6. The number of morpholine rings is 1. The van der Waals surface area contributed by atoms with Crippen LogP contribution in [0, 0.1) is 5.82 Å². The number of carbonyl (C=O) groups is 1. The van der Waals surface area contributed by atoms with Crippen molar-refractivity contribution in [3.05, 3.63) is 68.4 Å². The Bertz CT molecular complexity index is 986. The van der Waals surface area contributed by atoms with E-state index in [1.54, 1.807) is 6.07 Å². The minimum atomic E-state index is -1.22. The van der Waals surface area contributed by atoms with Crippen molar-refractivity contribution in [3.63, 3.8) is 0 Å². The van der Waals surface area contributed by atoms with Gasteiger partial charge in [-0.05, 0) is 74.4 Å². The van der Waals surface area contributed by atoms with Crippen LogP contribution in [0.2, 0.25) is 10.0 Å². The van der Waals surface area contributed by atoms with Gasteiger partial charge in [0.15, 0.2) is 0 Å². The second-order valence-corrected chi connectivity index (χ2v) is 10.1. The molecule has 2 fully saturated rings. The third-order valence-electron chi connectivity index (χ3n) is 6.15. The lowest BCUT2D eigenvalue weighted by Gasteiger charge is -2.45. The van der Waals surface area contributed by atoms with Gasteiger partial charge in [0.05, 0.1) is 18.3 Å². The van der Waals surface area contributed by atoms with E-state index in [2.05, 4.69) is 18.7 Å². The molecular formula is C24H26Cl2FNO3. The molecule has 1 saturated heterocycles. The molecule has 4 nitrogen and oxygen atoms in total. The van der Waals surface area contributed by atoms with Crippen LogP contribution in [0.1, 0.15) is 59.7 Å². The highest BCUT2D eigenvalue weighted by molar-refractivity contribution is 6.34. The van der Waals surface area contributed by atoms with E-state index in [1.165, 1.54) is 6.07 Å². The Balaban J connectivity index is 1.56. The number of halogens is 3. The van der Waals surface area contributed by atoms with Gasteiger partial charge in [0.25, 0.3) is 0 Å². The van der Waals surface area contributed by atoms with E-state index in [-0.39, 0.29) is 17.2 Å². The minimum absolute atomic E-state index is 0.101. The summed E-state index contributed by atoms with van der Waals surface area (Å²) in [5.41, 5.74) is 1.78. The number of ether oxygens (including phenoxy) is 1. The van der Waals surface area contributed by atoms with E-state index >= 15 is 4.39 Å². The topological polar surface area (TPSA) is 49.8 Å². The van der Waals surface area contributed by atoms with Gasteiger partial charge in [0, 0.05) is 34.2 Å². The van der Waals surface area contributed by atoms with Gasteiger partial charge in [-0.2, -0.15) is 0 Å². The number of benzene rings is 2. The fourth-order valence-electron chi connectivity index (χ4n) is 4.19. The van der Waals surface area contributed by atoms with Crippen LogP contribution in [0.5, 0.6) is 0 Å². The van der Waals surface area contributed by atoms with Crippen LogP contribution < -0.4 is 0 Å². The van der Waals surface area contributed by atoms with Gasteiger partial charge in [0.1, 0.15) is 5.82 Å². The van der Waals surface area contributed by atoms with E-state index in [0.29, 0.717) is 47.6 Å². The molecule has 1 aliphatic carbocycles. The summed E-state index contributed by atoms with van der Waals surface area (Å²) >= 11 is 12.3. The summed E-state index contributed by atoms with van der Waals surface area (Å²) in [4.78, 5) is 13.8. The van der Waals surface area contributed by atoms with Gasteiger partial charge in [-0.1, -0.05) is 29.3 Å². The van der Waals surface area contributed by atoms with Crippen molar-refractivity contribution < 1.29 is 19.0 Å². The van der Waals surface area contributed by atoms with Crippen LogP contribution in [-0.4, -0.2) is 40.8 Å². The molecule has 1 atom stereocenters. The summed E-state index contributed by atoms with van der Waals surface area (Å²) in [6.45, 7) is 5.52. The molecule has 166 valence electrons. The Kier molecular flexibility index (Phi) is 6.32. The molecule has 2 aliphatic rings. The van der Waals surface area contributed by atoms with Gasteiger partial charge >= 0.3 is 5.97 Å². The predicted molar refractivity (Wildman–Crippen MR) is 120 cm³/mol. The summed E-state index contributed by atoms with van der Waals surface area (Å²) in [6, 6.07) is 8.78. The first-order valence-corrected chi connectivity index (χ1v) is 11.3. The maximum Gasteiger partial charge on any atom is 0.338 e. The maximum atomic E-state index is 15.1.